The molecule has 27 heavy (non-hydrogen) atoms. The summed E-state index contributed by atoms with van der Waals surface area (Å²) >= 11 is 1.62. The van der Waals surface area contributed by atoms with Crippen LogP contribution in [0.4, 0.5) is 11.6 Å². The number of hydrogen-bond acceptors (Lipinski definition) is 7. The Balaban J connectivity index is 1.55. The first kappa shape index (κ1) is 16.6. The minimum atomic E-state index is -0.587. The van der Waals surface area contributed by atoms with Gasteiger partial charge < -0.3 is 15.7 Å². The molecule has 1 aliphatic heterocycles. The molecular formula is C20H19N5OS. The predicted octanol–water partition coefficient (Wildman–Crippen LogP) is 3.44. The molecule has 1 aliphatic rings. The van der Waals surface area contributed by atoms with Crippen molar-refractivity contribution >= 4 is 44.0 Å². The number of nitrogens with zero attached hydrogens (tertiary/aromatic N) is 3. The fraction of sp³-hybridized carbons (Fsp3) is 0.200. The van der Waals surface area contributed by atoms with E-state index in [4.69, 9.17) is 4.98 Å². The average molecular weight is 377 g/mol. The van der Waals surface area contributed by atoms with Crippen molar-refractivity contribution in [2.75, 3.05) is 25.1 Å². The van der Waals surface area contributed by atoms with E-state index in [1.165, 1.54) is 0 Å². The Bertz CT molecular complexity index is 1090. The minimum absolute atomic E-state index is 0.568. The Kier molecular flexibility index (Phi) is 4.21. The third kappa shape index (κ3) is 3.15. The molecule has 1 unspecified atom stereocenters. The molecule has 4 aromatic rings. The number of para-hydroxylation sites is 1. The topological polar surface area (TPSA) is 73.3 Å². The van der Waals surface area contributed by atoms with Gasteiger partial charge in [-0.3, -0.25) is 4.90 Å². The lowest BCUT2D eigenvalue weighted by Crippen LogP contribution is -2.26. The fourth-order valence-corrected chi connectivity index (χ4v) is 4.47. The lowest BCUT2D eigenvalue weighted by molar-refractivity contribution is 0.0212. The van der Waals surface area contributed by atoms with Crippen molar-refractivity contribution in [1.29, 1.82) is 0 Å². The number of fused-ring (bicyclic) bond motifs is 3. The van der Waals surface area contributed by atoms with Crippen LogP contribution in [0.5, 0.6) is 0 Å². The summed E-state index contributed by atoms with van der Waals surface area (Å²) in [5.74, 6) is 0.568. The molecule has 0 bridgehead atoms. The molecule has 3 heterocycles. The van der Waals surface area contributed by atoms with E-state index in [2.05, 4.69) is 27.8 Å². The Labute approximate surface area is 160 Å². The smallest absolute Gasteiger partial charge is 0.227 e. The highest BCUT2D eigenvalue weighted by Gasteiger charge is 2.23. The molecule has 0 radical (unpaired) electrons. The van der Waals surface area contributed by atoms with E-state index in [1.54, 1.807) is 11.3 Å². The maximum absolute atomic E-state index is 10.7. The first-order valence-electron chi connectivity index (χ1n) is 8.92. The molecule has 1 atom stereocenters. The van der Waals surface area contributed by atoms with Crippen LogP contribution in [-0.2, 0) is 0 Å². The normalized spacial score (nSPS) is 16.2. The second kappa shape index (κ2) is 6.86. The average Bonchev–Trinajstić information content (AvgIpc) is 3.38. The summed E-state index contributed by atoms with van der Waals surface area (Å²) in [5.41, 5.74) is 1.85. The number of rotatable bonds is 4. The molecule has 0 amide bonds. The molecular weight excluding hydrogens is 358 g/mol. The van der Waals surface area contributed by atoms with Gasteiger partial charge in [-0.1, -0.05) is 18.2 Å². The fourth-order valence-electron chi connectivity index (χ4n) is 3.38. The van der Waals surface area contributed by atoms with E-state index in [9.17, 15) is 5.11 Å². The summed E-state index contributed by atoms with van der Waals surface area (Å²) in [6.07, 6.45) is 1.25. The number of benzene rings is 2. The standard InChI is InChI=1S/C20H19N5OS/c26-19(25-9-8-21-12-25)17-10-15-16(27-17)7-6-13-11-22-20(24-18(13)15)23-14-4-2-1-3-5-14/h1-7,10-11,19,21,26H,8-9,12H2,(H,22,23,24). The Morgan fingerprint density at radius 2 is 2.07 bits per heavy atom. The summed E-state index contributed by atoms with van der Waals surface area (Å²) in [7, 11) is 0. The van der Waals surface area contributed by atoms with E-state index >= 15 is 0 Å². The zero-order valence-electron chi connectivity index (χ0n) is 14.6. The molecule has 1 saturated heterocycles. The van der Waals surface area contributed by atoms with E-state index in [0.717, 1.165) is 44.6 Å². The second-order valence-electron chi connectivity index (χ2n) is 6.59. The molecule has 0 saturated carbocycles. The van der Waals surface area contributed by atoms with Gasteiger partial charge in [0.1, 0.15) is 6.23 Å². The van der Waals surface area contributed by atoms with E-state index < -0.39 is 6.23 Å². The molecule has 7 heteroatoms. The first-order valence-corrected chi connectivity index (χ1v) is 9.74. The van der Waals surface area contributed by atoms with Crippen molar-refractivity contribution < 1.29 is 5.11 Å². The van der Waals surface area contributed by atoms with Crippen LogP contribution in [0, 0.1) is 0 Å². The highest BCUT2D eigenvalue weighted by Crippen LogP contribution is 2.35. The third-order valence-corrected chi connectivity index (χ3v) is 5.93. The minimum Gasteiger partial charge on any atom is -0.373 e. The SMILES string of the molecule is OC(c1cc2c(ccc3cnc(Nc4ccccc4)nc32)s1)N1CCNC1. The maximum atomic E-state index is 10.7. The molecule has 1 fully saturated rings. The number of aliphatic hydroxyl groups is 1. The molecule has 6 nitrogen and oxygen atoms in total. The first-order chi connectivity index (χ1) is 13.3. The zero-order chi connectivity index (χ0) is 18.2. The van der Waals surface area contributed by atoms with Gasteiger partial charge in [-0.25, -0.2) is 9.97 Å². The molecule has 0 aliphatic carbocycles. The van der Waals surface area contributed by atoms with Crippen LogP contribution in [0.1, 0.15) is 11.1 Å². The molecule has 0 spiro atoms. The van der Waals surface area contributed by atoms with Gasteiger partial charge in [-0.05, 0) is 30.3 Å². The van der Waals surface area contributed by atoms with E-state index in [1.807, 2.05) is 47.5 Å². The maximum Gasteiger partial charge on any atom is 0.227 e. The van der Waals surface area contributed by atoms with Crippen LogP contribution < -0.4 is 10.6 Å². The van der Waals surface area contributed by atoms with Gasteiger partial charge in [-0.2, -0.15) is 0 Å². The highest BCUT2D eigenvalue weighted by atomic mass is 32.1. The van der Waals surface area contributed by atoms with Gasteiger partial charge >= 0.3 is 0 Å². The van der Waals surface area contributed by atoms with Crippen molar-refractivity contribution in [2.45, 2.75) is 6.23 Å². The van der Waals surface area contributed by atoms with Crippen molar-refractivity contribution in [2.24, 2.45) is 0 Å². The third-order valence-electron chi connectivity index (χ3n) is 4.79. The number of anilines is 2. The van der Waals surface area contributed by atoms with Crippen molar-refractivity contribution in [1.82, 2.24) is 20.2 Å². The Hall–Kier alpha value is -2.58. The Morgan fingerprint density at radius 3 is 2.89 bits per heavy atom. The summed E-state index contributed by atoms with van der Waals surface area (Å²) in [6.45, 7) is 2.47. The van der Waals surface area contributed by atoms with Gasteiger partial charge in [0.15, 0.2) is 0 Å². The molecule has 5 rings (SSSR count). The zero-order valence-corrected chi connectivity index (χ0v) is 15.4. The molecule has 2 aromatic heterocycles. The molecule has 2 aromatic carbocycles. The summed E-state index contributed by atoms with van der Waals surface area (Å²) < 4.78 is 1.12. The van der Waals surface area contributed by atoms with Crippen LogP contribution in [0.25, 0.3) is 21.0 Å². The summed E-state index contributed by atoms with van der Waals surface area (Å²) in [5, 5.41) is 19.2. The monoisotopic (exact) mass is 377 g/mol. The van der Waals surface area contributed by atoms with Crippen LogP contribution in [0.2, 0.25) is 0 Å². The van der Waals surface area contributed by atoms with Gasteiger partial charge in [0.05, 0.1) is 12.2 Å². The highest BCUT2D eigenvalue weighted by molar-refractivity contribution is 7.19. The lowest BCUT2D eigenvalue weighted by atomic mass is 10.1. The van der Waals surface area contributed by atoms with Crippen LogP contribution in [0.3, 0.4) is 0 Å². The summed E-state index contributed by atoms with van der Waals surface area (Å²) in [6, 6.07) is 16.1. The Morgan fingerprint density at radius 1 is 1.19 bits per heavy atom. The van der Waals surface area contributed by atoms with Crippen LogP contribution in [0.15, 0.2) is 54.7 Å². The number of aromatic nitrogens is 2. The number of hydrogen-bond donors (Lipinski definition) is 3. The molecule has 136 valence electrons. The van der Waals surface area contributed by atoms with Crippen LogP contribution >= 0.6 is 11.3 Å². The largest absolute Gasteiger partial charge is 0.373 e. The number of nitrogens with one attached hydrogen (secondary N) is 2. The van der Waals surface area contributed by atoms with Crippen molar-refractivity contribution in [3.05, 3.63) is 59.6 Å². The van der Waals surface area contributed by atoms with Gasteiger partial charge in [-0.15, -0.1) is 11.3 Å². The summed E-state index contributed by atoms with van der Waals surface area (Å²) in [4.78, 5) is 12.1. The van der Waals surface area contributed by atoms with Gasteiger partial charge in [0, 0.05) is 45.3 Å². The van der Waals surface area contributed by atoms with E-state index in [-0.39, 0.29) is 0 Å². The van der Waals surface area contributed by atoms with Gasteiger partial charge in [0.25, 0.3) is 0 Å². The number of thiophene rings is 1. The number of aliphatic hydroxyl groups excluding tert-OH is 1. The van der Waals surface area contributed by atoms with Crippen molar-refractivity contribution in [3.8, 4) is 0 Å². The van der Waals surface area contributed by atoms with Gasteiger partial charge in [0.2, 0.25) is 5.95 Å². The quantitative estimate of drug-likeness (QED) is 0.506. The molecule has 3 N–H and O–H groups in total. The van der Waals surface area contributed by atoms with E-state index in [0.29, 0.717) is 12.6 Å². The second-order valence-corrected chi connectivity index (χ2v) is 7.71. The predicted molar refractivity (Wildman–Crippen MR) is 109 cm³/mol. The van der Waals surface area contributed by atoms with Crippen LogP contribution in [-0.4, -0.2) is 39.7 Å². The van der Waals surface area contributed by atoms with Crippen molar-refractivity contribution in [3.63, 3.8) is 0 Å². The lowest BCUT2D eigenvalue weighted by Gasteiger charge is -2.19.